The van der Waals surface area contributed by atoms with Crippen molar-refractivity contribution in [1.29, 1.82) is 0 Å². The summed E-state index contributed by atoms with van der Waals surface area (Å²) in [4.78, 5) is 2.44. The van der Waals surface area contributed by atoms with Crippen LogP contribution in [-0.4, -0.2) is 0 Å². The molecule has 15 rings (SSSR count). The second-order valence-corrected chi connectivity index (χ2v) is 19.1. The van der Waals surface area contributed by atoms with Crippen molar-refractivity contribution >= 4 is 60.9 Å². The molecule has 0 fully saturated rings. The highest BCUT2D eigenvalue weighted by molar-refractivity contribution is 6.14. The van der Waals surface area contributed by atoms with Crippen LogP contribution in [0.5, 0.6) is 0 Å². The molecule has 0 radical (unpaired) electrons. The molecule has 3 aliphatic rings. The van der Waals surface area contributed by atoms with E-state index < -0.39 is 5.41 Å². The maximum absolute atomic E-state index is 6.91. The average Bonchev–Trinajstić information content (AvgIpc) is 4.08. The van der Waals surface area contributed by atoms with Gasteiger partial charge in [0.05, 0.1) is 11.1 Å². The molecule has 0 aliphatic heterocycles. The normalized spacial score (nSPS) is 15.8. The molecule has 0 saturated heterocycles. The predicted molar refractivity (Wildman–Crippen MR) is 275 cm³/mol. The molecule has 1 unspecified atom stereocenters. The van der Waals surface area contributed by atoms with Gasteiger partial charge in [-0.15, -0.1) is 0 Å². The van der Waals surface area contributed by atoms with Crippen molar-refractivity contribution in [2.75, 3.05) is 4.90 Å². The lowest BCUT2D eigenvalue weighted by Crippen LogP contribution is -2.29. The van der Waals surface area contributed by atoms with Crippen LogP contribution in [0.4, 0.5) is 17.1 Å². The van der Waals surface area contributed by atoms with Gasteiger partial charge < -0.3 is 13.7 Å². The largest absolute Gasteiger partial charge is 0.455 e. The summed E-state index contributed by atoms with van der Waals surface area (Å²) in [6, 6.07) is 78.4. The number of nitrogens with zero attached hydrogens (tertiary/aromatic N) is 1. The second-order valence-electron chi connectivity index (χ2n) is 19.1. The fourth-order valence-corrected chi connectivity index (χ4v) is 12.7. The summed E-state index contributed by atoms with van der Waals surface area (Å²) in [6.45, 7) is 4.72. The van der Waals surface area contributed by atoms with E-state index in [0.717, 1.165) is 60.9 Å². The molecule has 3 aliphatic carbocycles. The van der Waals surface area contributed by atoms with Crippen molar-refractivity contribution in [3.8, 4) is 44.5 Å². The molecule has 0 saturated carbocycles. The van der Waals surface area contributed by atoms with Crippen molar-refractivity contribution < 1.29 is 8.83 Å². The van der Waals surface area contributed by atoms with Crippen molar-refractivity contribution in [2.45, 2.75) is 24.7 Å². The molecule has 314 valence electrons. The molecule has 1 spiro atoms. The smallest absolute Gasteiger partial charge is 0.159 e. The van der Waals surface area contributed by atoms with Gasteiger partial charge in [0.1, 0.15) is 16.7 Å². The average molecular weight is 856 g/mol. The number of fused-ring (bicyclic) bond motifs is 22. The lowest BCUT2D eigenvalue weighted by Gasteiger charge is -2.36. The first-order valence-electron chi connectivity index (χ1n) is 23.3. The van der Waals surface area contributed by atoms with E-state index >= 15 is 0 Å². The zero-order valence-electron chi connectivity index (χ0n) is 37.0. The van der Waals surface area contributed by atoms with Gasteiger partial charge >= 0.3 is 0 Å². The third-order valence-corrected chi connectivity index (χ3v) is 15.5. The quantitative estimate of drug-likeness (QED) is 0.177. The standard InChI is InChI=1S/C64H41NO2/c1-63(2)51-24-10-5-19-43(51)44-32-30-39(37-56(44)63)65(57-27-15-23-47-45-20-8-13-28-58(45)66-61(47)57)38-31-34-54-50(36-38)41-17-4-3-16-40(41)42-18-6-11-25-52(42)64(54)53-26-12-7-22-49(53)60-55(64)35-33-48-46-21-9-14-29-59(46)67-62(48)60/h3-37H,1-2H3. The fraction of sp³-hybridized carbons (Fsp3) is 0.0625. The van der Waals surface area contributed by atoms with Gasteiger partial charge in [-0.05, 0) is 115 Å². The molecule has 2 aromatic heterocycles. The summed E-state index contributed by atoms with van der Waals surface area (Å²) < 4.78 is 13.8. The van der Waals surface area contributed by atoms with Crippen LogP contribution in [0, 0.1) is 0 Å². The van der Waals surface area contributed by atoms with Crippen LogP contribution >= 0.6 is 0 Å². The minimum absolute atomic E-state index is 0.182. The Labute approximate surface area is 387 Å². The molecule has 12 aromatic rings. The molecule has 0 N–H and O–H groups in total. The summed E-state index contributed by atoms with van der Waals surface area (Å²) in [6.07, 6.45) is 0. The maximum Gasteiger partial charge on any atom is 0.159 e. The van der Waals surface area contributed by atoms with Crippen molar-refractivity contribution in [3.05, 3.63) is 246 Å². The zero-order valence-corrected chi connectivity index (χ0v) is 37.0. The molecule has 2 heterocycles. The SMILES string of the molecule is CC1(C)c2ccccc2-c2ccc(N(c3ccc4c(c3)-c3ccccc3-c3ccccc3C43c4ccccc4-c4c3ccc3c4oc4ccccc43)c3cccc4c3oc3ccccc34)cc21. The Morgan fingerprint density at radius 3 is 1.57 bits per heavy atom. The molecular formula is C64H41NO2. The van der Waals surface area contributed by atoms with E-state index in [1.165, 1.54) is 77.9 Å². The van der Waals surface area contributed by atoms with E-state index in [1.54, 1.807) is 0 Å². The predicted octanol–water partition coefficient (Wildman–Crippen LogP) is 17.3. The monoisotopic (exact) mass is 855 g/mol. The van der Waals surface area contributed by atoms with E-state index in [4.69, 9.17) is 8.83 Å². The third-order valence-electron chi connectivity index (χ3n) is 15.5. The fourth-order valence-electron chi connectivity index (χ4n) is 12.7. The van der Waals surface area contributed by atoms with E-state index in [2.05, 4.69) is 231 Å². The van der Waals surface area contributed by atoms with E-state index in [9.17, 15) is 0 Å². The first kappa shape index (κ1) is 36.9. The lowest BCUT2D eigenvalue weighted by atomic mass is 9.66. The lowest BCUT2D eigenvalue weighted by molar-refractivity contribution is 0.660. The number of para-hydroxylation sites is 3. The Kier molecular flexibility index (Phi) is 7.22. The Morgan fingerprint density at radius 2 is 0.821 bits per heavy atom. The summed E-state index contributed by atoms with van der Waals surface area (Å²) in [5, 5.41) is 4.48. The molecule has 3 nitrogen and oxygen atoms in total. The number of rotatable bonds is 3. The Morgan fingerprint density at radius 1 is 0.328 bits per heavy atom. The van der Waals surface area contributed by atoms with Gasteiger partial charge in [-0.3, -0.25) is 0 Å². The van der Waals surface area contributed by atoms with Crippen LogP contribution in [0.25, 0.3) is 88.4 Å². The Balaban J connectivity index is 1.05. The van der Waals surface area contributed by atoms with Gasteiger partial charge in [-0.25, -0.2) is 0 Å². The van der Waals surface area contributed by atoms with Crippen LogP contribution in [-0.2, 0) is 10.8 Å². The van der Waals surface area contributed by atoms with E-state index in [-0.39, 0.29) is 5.41 Å². The number of anilines is 3. The first-order chi connectivity index (χ1) is 33.0. The highest BCUT2D eigenvalue weighted by Gasteiger charge is 2.51. The Bertz CT molecular complexity index is 4110. The molecule has 1 atom stereocenters. The summed E-state index contributed by atoms with van der Waals surface area (Å²) in [5.41, 5.74) is 23.3. The molecule has 0 bridgehead atoms. The van der Waals surface area contributed by atoms with Gasteiger partial charge in [-0.2, -0.15) is 0 Å². The first-order valence-corrected chi connectivity index (χ1v) is 23.3. The topological polar surface area (TPSA) is 29.5 Å². The molecule has 0 amide bonds. The molecule has 10 aromatic carbocycles. The summed E-state index contributed by atoms with van der Waals surface area (Å²) >= 11 is 0. The van der Waals surface area contributed by atoms with Crippen molar-refractivity contribution in [1.82, 2.24) is 0 Å². The maximum atomic E-state index is 6.91. The summed E-state index contributed by atoms with van der Waals surface area (Å²) in [7, 11) is 0. The third kappa shape index (κ3) is 4.70. The van der Waals surface area contributed by atoms with Crippen molar-refractivity contribution in [2.24, 2.45) is 0 Å². The molecular weight excluding hydrogens is 815 g/mol. The van der Waals surface area contributed by atoms with Crippen LogP contribution in [0.1, 0.15) is 47.2 Å². The van der Waals surface area contributed by atoms with E-state index in [0.29, 0.717) is 0 Å². The van der Waals surface area contributed by atoms with Gasteiger partial charge in [0.2, 0.25) is 0 Å². The van der Waals surface area contributed by atoms with Gasteiger partial charge in [0.15, 0.2) is 5.58 Å². The molecule has 67 heavy (non-hydrogen) atoms. The number of hydrogen-bond acceptors (Lipinski definition) is 3. The number of hydrogen-bond donors (Lipinski definition) is 0. The van der Waals surface area contributed by atoms with Crippen LogP contribution in [0.15, 0.2) is 221 Å². The summed E-state index contributed by atoms with van der Waals surface area (Å²) in [5.74, 6) is 0. The van der Waals surface area contributed by atoms with Gasteiger partial charge in [0.25, 0.3) is 0 Å². The van der Waals surface area contributed by atoms with Crippen LogP contribution in [0.2, 0.25) is 0 Å². The number of furan rings is 2. The van der Waals surface area contributed by atoms with Gasteiger partial charge in [0, 0.05) is 43.9 Å². The zero-order chi connectivity index (χ0) is 44.2. The van der Waals surface area contributed by atoms with Crippen LogP contribution in [0.3, 0.4) is 0 Å². The van der Waals surface area contributed by atoms with Crippen LogP contribution < -0.4 is 4.90 Å². The highest BCUT2D eigenvalue weighted by atomic mass is 16.3. The van der Waals surface area contributed by atoms with Gasteiger partial charge in [-0.1, -0.05) is 184 Å². The highest BCUT2D eigenvalue weighted by Crippen LogP contribution is 2.63. The Hall–Kier alpha value is -8.40. The van der Waals surface area contributed by atoms with E-state index in [1.807, 2.05) is 0 Å². The minimum atomic E-state index is -0.671. The van der Waals surface area contributed by atoms with Crippen molar-refractivity contribution in [3.63, 3.8) is 0 Å². The number of benzene rings is 10. The minimum Gasteiger partial charge on any atom is -0.455 e. The second kappa shape index (κ2) is 13.1. The molecule has 3 heteroatoms.